The highest BCUT2D eigenvalue weighted by Crippen LogP contribution is 2.47. The van der Waals surface area contributed by atoms with E-state index in [2.05, 4.69) is 4.90 Å². The van der Waals surface area contributed by atoms with Crippen molar-refractivity contribution in [3.05, 3.63) is 0 Å². The molecule has 0 bridgehead atoms. The average molecular weight is 184 g/mol. The predicted octanol–water partition coefficient (Wildman–Crippen LogP) is 0.448. The molecule has 3 heteroatoms. The molecular formula is C10H20N2O. The fourth-order valence-corrected chi connectivity index (χ4v) is 1.95. The lowest BCUT2D eigenvalue weighted by molar-refractivity contribution is 0.0349. The van der Waals surface area contributed by atoms with Crippen LogP contribution in [0.2, 0.25) is 0 Å². The van der Waals surface area contributed by atoms with Gasteiger partial charge in [0.1, 0.15) is 0 Å². The summed E-state index contributed by atoms with van der Waals surface area (Å²) in [4.78, 5) is 2.50. The van der Waals surface area contributed by atoms with Crippen molar-refractivity contribution in [2.45, 2.75) is 19.3 Å². The van der Waals surface area contributed by atoms with Crippen LogP contribution in [0, 0.1) is 5.41 Å². The third-order valence-corrected chi connectivity index (χ3v) is 3.45. The van der Waals surface area contributed by atoms with E-state index >= 15 is 0 Å². The summed E-state index contributed by atoms with van der Waals surface area (Å²) in [6.07, 6.45) is 4.01. The van der Waals surface area contributed by atoms with E-state index in [1.807, 2.05) is 0 Å². The lowest BCUT2D eigenvalue weighted by atomic mass is 10.0. The first-order chi connectivity index (χ1) is 6.35. The van der Waals surface area contributed by atoms with Gasteiger partial charge in [0.2, 0.25) is 0 Å². The van der Waals surface area contributed by atoms with Gasteiger partial charge in [-0.2, -0.15) is 0 Å². The molecule has 2 N–H and O–H groups in total. The standard InChI is InChI=1S/C10H20N2O/c11-9-10(1-2-10)3-4-12-5-7-13-8-6-12/h1-9,11H2. The number of ether oxygens (including phenoxy) is 1. The number of hydrogen-bond donors (Lipinski definition) is 1. The molecule has 0 atom stereocenters. The van der Waals surface area contributed by atoms with Crippen molar-refractivity contribution < 1.29 is 4.74 Å². The summed E-state index contributed by atoms with van der Waals surface area (Å²) in [7, 11) is 0. The molecule has 0 unspecified atom stereocenters. The molecule has 0 radical (unpaired) electrons. The van der Waals surface area contributed by atoms with Gasteiger partial charge in [-0.05, 0) is 37.8 Å². The van der Waals surface area contributed by atoms with Crippen molar-refractivity contribution in [1.82, 2.24) is 4.90 Å². The van der Waals surface area contributed by atoms with Gasteiger partial charge in [0, 0.05) is 13.1 Å². The molecule has 0 aromatic carbocycles. The zero-order chi connectivity index (χ0) is 9.15. The normalized spacial score (nSPS) is 27.5. The largest absolute Gasteiger partial charge is 0.379 e. The van der Waals surface area contributed by atoms with Crippen molar-refractivity contribution in [2.75, 3.05) is 39.4 Å². The molecule has 2 aliphatic rings. The molecule has 0 amide bonds. The maximum absolute atomic E-state index is 5.74. The van der Waals surface area contributed by atoms with Crippen molar-refractivity contribution in [1.29, 1.82) is 0 Å². The molecule has 2 fully saturated rings. The lowest BCUT2D eigenvalue weighted by Crippen LogP contribution is -2.38. The summed E-state index contributed by atoms with van der Waals surface area (Å²) in [5.74, 6) is 0. The number of nitrogens with two attached hydrogens (primary N) is 1. The van der Waals surface area contributed by atoms with Gasteiger partial charge in [0.25, 0.3) is 0 Å². The first-order valence-corrected chi connectivity index (χ1v) is 5.35. The van der Waals surface area contributed by atoms with E-state index in [0.29, 0.717) is 5.41 Å². The van der Waals surface area contributed by atoms with Crippen LogP contribution in [0.4, 0.5) is 0 Å². The molecule has 1 saturated heterocycles. The third-order valence-electron chi connectivity index (χ3n) is 3.45. The van der Waals surface area contributed by atoms with E-state index in [4.69, 9.17) is 10.5 Å². The fourth-order valence-electron chi connectivity index (χ4n) is 1.95. The van der Waals surface area contributed by atoms with Gasteiger partial charge in [-0.25, -0.2) is 0 Å². The van der Waals surface area contributed by atoms with Gasteiger partial charge >= 0.3 is 0 Å². The van der Waals surface area contributed by atoms with Crippen molar-refractivity contribution in [3.63, 3.8) is 0 Å². The minimum absolute atomic E-state index is 0.540. The Bertz CT molecular complexity index is 162. The van der Waals surface area contributed by atoms with Crippen LogP contribution in [0.15, 0.2) is 0 Å². The molecule has 2 rings (SSSR count). The zero-order valence-electron chi connectivity index (χ0n) is 8.30. The molecule has 13 heavy (non-hydrogen) atoms. The van der Waals surface area contributed by atoms with E-state index in [0.717, 1.165) is 32.8 Å². The molecule has 1 aliphatic carbocycles. The molecule has 76 valence electrons. The SMILES string of the molecule is NCC1(CCN2CCOCC2)CC1. The molecule has 0 aromatic heterocycles. The fraction of sp³-hybridized carbons (Fsp3) is 1.00. The minimum Gasteiger partial charge on any atom is -0.379 e. The van der Waals surface area contributed by atoms with Crippen molar-refractivity contribution >= 4 is 0 Å². The Balaban J connectivity index is 1.66. The maximum atomic E-state index is 5.74. The molecule has 0 aromatic rings. The van der Waals surface area contributed by atoms with Gasteiger partial charge in [-0.15, -0.1) is 0 Å². The first-order valence-electron chi connectivity index (χ1n) is 5.35. The van der Waals surface area contributed by atoms with Gasteiger partial charge in [0.15, 0.2) is 0 Å². The molecule has 1 aliphatic heterocycles. The Labute approximate surface area is 80.2 Å². The predicted molar refractivity (Wildman–Crippen MR) is 52.6 cm³/mol. The second kappa shape index (κ2) is 3.95. The lowest BCUT2D eigenvalue weighted by Gasteiger charge is -2.28. The van der Waals surface area contributed by atoms with E-state index < -0.39 is 0 Å². The number of rotatable bonds is 4. The van der Waals surface area contributed by atoms with Gasteiger partial charge in [0.05, 0.1) is 13.2 Å². The van der Waals surface area contributed by atoms with E-state index in [9.17, 15) is 0 Å². The van der Waals surface area contributed by atoms with Crippen LogP contribution in [0.1, 0.15) is 19.3 Å². The number of nitrogens with zero attached hydrogens (tertiary/aromatic N) is 1. The van der Waals surface area contributed by atoms with Gasteiger partial charge < -0.3 is 10.5 Å². The first kappa shape index (κ1) is 9.44. The van der Waals surface area contributed by atoms with E-state index in [-0.39, 0.29) is 0 Å². The number of morpholine rings is 1. The quantitative estimate of drug-likeness (QED) is 0.689. The van der Waals surface area contributed by atoms with Gasteiger partial charge in [-0.1, -0.05) is 0 Å². The van der Waals surface area contributed by atoms with Crippen LogP contribution in [0.5, 0.6) is 0 Å². The van der Waals surface area contributed by atoms with Crippen LogP contribution in [0.3, 0.4) is 0 Å². The number of hydrogen-bond acceptors (Lipinski definition) is 3. The Morgan fingerprint density at radius 2 is 1.92 bits per heavy atom. The molecular weight excluding hydrogens is 164 g/mol. The van der Waals surface area contributed by atoms with Crippen LogP contribution in [-0.4, -0.2) is 44.3 Å². The van der Waals surface area contributed by atoms with Crippen LogP contribution in [-0.2, 0) is 4.74 Å². The summed E-state index contributed by atoms with van der Waals surface area (Å²) >= 11 is 0. The second-order valence-electron chi connectivity index (χ2n) is 4.41. The Morgan fingerprint density at radius 1 is 1.23 bits per heavy atom. The van der Waals surface area contributed by atoms with E-state index in [1.54, 1.807) is 0 Å². The summed E-state index contributed by atoms with van der Waals surface area (Å²) in [6.45, 7) is 6.16. The summed E-state index contributed by atoms with van der Waals surface area (Å²) in [5, 5.41) is 0. The third kappa shape index (κ3) is 2.42. The highest BCUT2D eigenvalue weighted by atomic mass is 16.5. The Morgan fingerprint density at radius 3 is 2.46 bits per heavy atom. The topological polar surface area (TPSA) is 38.5 Å². The molecule has 0 spiro atoms. The maximum Gasteiger partial charge on any atom is 0.0594 e. The van der Waals surface area contributed by atoms with Crippen LogP contribution >= 0.6 is 0 Å². The van der Waals surface area contributed by atoms with Crippen molar-refractivity contribution in [3.8, 4) is 0 Å². The average Bonchev–Trinajstić information content (AvgIpc) is 2.97. The Kier molecular flexibility index (Phi) is 2.86. The summed E-state index contributed by atoms with van der Waals surface area (Å²) in [6, 6.07) is 0. The summed E-state index contributed by atoms with van der Waals surface area (Å²) < 4.78 is 5.31. The molecule has 3 nitrogen and oxygen atoms in total. The molecule has 1 saturated carbocycles. The smallest absolute Gasteiger partial charge is 0.0594 e. The van der Waals surface area contributed by atoms with E-state index in [1.165, 1.54) is 25.8 Å². The van der Waals surface area contributed by atoms with Crippen LogP contribution < -0.4 is 5.73 Å². The second-order valence-corrected chi connectivity index (χ2v) is 4.41. The summed E-state index contributed by atoms with van der Waals surface area (Å²) in [5.41, 5.74) is 6.28. The minimum atomic E-state index is 0.540. The Hall–Kier alpha value is -0.120. The highest BCUT2D eigenvalue weighted by Gasteiger charge is 2.40. The molecule has 1 heterocycles. The monoisotopic (exact) mass is 184 g/mol. The van der Waals surface area contributed by atoms with Crippen molar-refractivity contribution in [2.24, 2.45) is 11.1 Å². The van der Waals surface area contributed by atoms with Gasteiger partial charge in [-0.3, -0.25) is 4.90 Å². The van der Waals surface area contributed by atoms with Crippen LogP contribution in [0.25, 0.3) is 0 Å². The zero-order valence-corrected chi connectivity index (χ0v) is 8.30. The highest BCUT2D eigenvalue weighted by molar-refractivity contribution is 4.94.